The number of benzene rings is 2. The van der Waals surface area contributed by atoms with E-state index in [2.05, 4.69) is 15.3 Å². The number of aromatic nitrogens is 2. The number of carboxylic acids is 1. The summed E-state index contributed by atoms with van der Waals surface area (Å²) in [6, 6.07) is 14.7. The Labute approximate surface area is 174 Å². The van der Waals surface area contributed by atoms with Crippen LogP contribution >= 0.6 is 0 Å². The number of rotatable bonds is 6. The molecule has 3 aromatic rings. The number of para-hydroxylation sites is 1. The molecule has 0 bridgehead atoms. The maximum absolute atomic E-state index is 11.9. The van der Waals surface area contributed by atoms with Gasteiger partial charge in [-0.1, -0.05) is 12.1 Å². The van der Waals surface area contributed by atoms with Crippen molar-refractivity contribution in [2.45, 2.75) is 0 Å². The Morgan fingerprint density at radius 1 is 1.13 bits per heavy atom. The molecule has 1 aliphatic heterocycles. The summed E-state index contributed by atoms with van der Waals surface area (Å²) < 4.78 is 10.8. The molecule has 8 nitrogen and oxygen atoms in total. The Bertz CT molecular complexity index is 1050. The maximum atomic E-state index is 11.9. The number of carbonyl (C=O) groups is 1. The third-order valence-corrected chi connectivity index (χ3v) is 4.90. The Hall–Kier alpha value is -3.65. The van der Waals surface area contributed by atoms with Gasteiger partial charge in [0.15, 0.2) is 0 Å². The highest BCUT2D eigenvalue weighted by Gasteiger charge is 2.19. The number of anilines is 3. The summed E-state index contributed by atoms with van der Waals surface area (Å²) >= 11 is 0. The molecule has 1 fully saturated rings. The highest BCUT2D eigenvalue weighted by Crippen LogP contribution is 2.30. The van der Waals surface area contributed by atoms with E-state index in [9.17, 15) is 9.90 Å². The van der Waals surface area contributed by atoms with E-state index in [4.69, 9.17) is 9.47 Å². The molecule has 2 N–H and O–H groups in total. The number of nitrogens with zero attached hydrogens (tertiary/aromatic N) is 3. The van der Waals surface area contributed by atoms with Gasteiger partial charge in [0.1, 0.15) is 17.9 Å². The fourth-order valence-electron chi connectivity index (χ4n) is 3.44. The molecule has 8 heteroatoms. The fraction of sp³-hybridized carbons (Fsp3) is 0.227. The molecular weight excluding hydrogens is 384 g/mol. The van der Waals surface area contributed by atoms with E-state index in [0.717, 1.165) is 5.56 Å². The molecule has 0 aliphatic carbocycles. The maximum Gasteiger partial charge on any atom is 0.337 e. The van der Waals surface area contributed by atoms with Crippen molar-refractivity contribution in [3.63, 3.8) is 0 Å². The number of nitrogens with one attached hydrogen (secondary N) is 1. The van der Waals surface area contributed by atoms with E-state index >= 15 is 0 Å². The standard InChI is InChI=1S/C22H22N4O4/c1-29-20-5-3-2-4-16(20)18-13-21(24-14-23-18)25-15-6-7-19(17(12-15)22(27)28)26-8-10-30-11-9-26/h2-7,12-14H,8-11H2,1H3,(H,27,28)(H,23,24,25). The van der Waals surface area contributed by atoms with Crippen molar-refractivity contribution >= 4 is 23.2 Å². The summed E-state index contributed by atoms with van der Waals surface area (Å²) in [4.78, 5) is 22.5. The first-order valence-corrected chi connectivity index (χ1v) is 9.58. The van der Waals surface area contributed by atoms with Crippen LogP contribution in [0.15, 0.2) is 54.9 Å². The normalized spacial score (nSPS) is 13.7. The van der Waals surface area contributed by atoms with Crippen molar-refractivity contribution in [2.75, 3.05) is 43.6 Å². The average Bonchev–Trinajstić information content (AvgIpc) is 2.79. The third-order valence-electron chi connectivity index (χ3n) is 4.90. The zero-order valence-electron chi connectivity index (χ0n) is 16.5. The lowest BCUT2D eigenvalue weighted by Crippen LogP contribution is -2.37. The highest BCUT2D eigenvalue weighted by molar-refractivity contribution is 5.96. The molecule has 0 amide bonds. The molecule has 1 aromatic heterocycles. The number of ether oxygens (including phenoxy) is 2. The molecule has 4 rings (SSSR count). The molecule has 0 spiro atoms. The molecule has 30 heavy (non-hydrogen) atoms. The van der Waals surface area contributed by atoms with Gasteiger partial charge in [-0.3, -0.25) is 0 Å². The van der Waals surface area contributed by atoms with Gasteiger partial charge in [-0.2, -0.15) is 0 Å². The van der Waals surface area contributed by atoms with Crippen molar-refractivity contribution in [2.24, 2.45) is 0 Å². The first kappa shape index (κ1) is 19.7. The minimum absolute atomic E-state index is 0.237. The topological polar surface area (TPSA) is 96.8 Å². The van der Waals surface area contributed by atoms with Crippen molar-refractivity contribution in [1.82, 2.24) is 9.97 Å². The molecule has 0 saturated carbocycles. The molecule has 2 aromatic carbocycles. The van der Waals surface area contributed by atoms with Gasteiger partial charge in [-0.05, 0) is 30.3 Å². The van der Waals surface area contributed by atoms with Crippen LogP contribution in [0.25, 0.3) is 11.3 Å². The van der Waals surface area contributed by atoms with Crippen LogP contribution in [0.2, 0.25) is 0 Å². The van der Waals surface area contributed by atoms with Crippen molar-refractivity contribution in [3.05, 3.63) is 60.4 Å². The van der Waals surface area contributed by atoms with E-state index in [1.807, 2.05) is 41.3 Å². The molecule has 1 saturated heterocycles. The Morgan fingerprint density at radius 2 is 1.93 bits per heavy atom. The number of hydrogen-bond donors (Lipinski definition) is 2. The Balaban J connectivity index is 1.61. The number of methoxy groups -OCH3 is 1. The summed E-state index contributed by atoms with van der Waals surface area (Å²) in [6.07, 6.45) is 1.46. The third kappa shape index (κ3) is 4.18. The van der Waals surface area contributed by atoms with Crippen LogP contribution in [-0.4, -0.2) is 54.5 Å². The molecule has 1 aliphatic rings. The highest BCUT2D eigenvalue weighted by atomic mass is 16.5. The summed E-state index contributed by atoms with van der Waals surface area (Å²) in [6.45, 7) is 2.51. The van der Waals surface area contributed by atoms with Gasteiger partial charge in [-0.15, -0.1) is 0 Å². The number of morpholine rings is 1. The Kier molecular flexibility index (Phi) is 5.76. The number of hydrogen-bond acceptors (Lipinski definition) is 7. The van der Waals surface area contributed by atoms with Crippen molar-refractivity contribution < 1.29 is 19.4 Å². The number of aromatic carboxylic acids is 1. The van der Waals surface area contributed by atoms with Gasteiger partial charge in [0, 0.05) is 30.4 Å². The van der Waals surface area contributed by atoms with Crippen LogP contribution in [0, 0.1) is 0 Å². The fourth-order valence-corrected chi connectivity index (χ4v) is 3.44. The van der Waals surface area contributed by atoms with Crippen LogP contribution in [0.1, 0.15) is 10.4 Å². The molecule has 0 atom stereocenters. The van der Waals surface area contributed by atoms with Crippen LogP contribution in [0.3, 0.4) is 0 Å². The van der Waals surface area contributed by atoms with E-state index < -0.39 is 5.97 Å². The van der Waals surface area contributed by atoms with Gasteiger partial charge >= 0.3 is 5.97 Å². The summed E-state index contributed by atoms with van der Waals surface area (Å²) in [7, 11) is 1.61. The van der Waals surface area contributed by atoms with Crippen molar-refractivity contribution in [1.29, 1.82) is 0 Å². The van der Waals surface area contributed by atoms with Crippen LogP contribution in [0.5, 0.6) is 5.75 Å². The zero-order chi connectivity index (χ0) is 20.9. The predicted octanol–water partition coefficient (Wildman–Crippen LogP) is 3.43. The monoisotopic (exact) mass is 406 g/mol. The summed E-state index contributed by atoms with van der Waals surface area (Å²) in [5.74, 6) is 0.295. The second kappa shape index (κ2) is 8.79. The van der Waals surface area contributed by atoms with Crippen LogP contribution in [0.4, 0.5) is 17.2 Å². The number of carboxylic acid groups (broad SMARTS) is 1. The average molecular weight is 406 g/mol. The van der Waals surface area contributed by atoms with E-state index in [1.54, 1.807) is 19.2 Å². The van der Waals surface area contributed by atoms with E-state index in [0.29, 0.717) is 54.9 Å². The SMILES string of the molecule is COc1ccccc1-c1cc(Nc2ccc(N3CCOCC3)c(C(=O)O)c2)ncn1. The van der Waals surface area contributed by atoms with Gasteiger partial charge in [-0.25, -0.2) is 14.8 Å². The second-order valence-corrected chi connectivity index (χ2v) is 6.75. The van der Waals surface area contributed by atoms with E-state index in [-0.39, 0.29) is 5.56 Å². The minimum atomic E-state index is -0.974. The molecule has 0 radical (unpaired) electrons. The van der Waals surface area contributed by atoms with Gasteiger partial charge in [0.05, 0.1) is 37.3 Å². The minimum Gasteiger partial charge on any atom is -0.496 e. The first-order valence-electron chi connectivity index (χ1n) is 9.58. The first-order chi connectivity index (χ1) is 14.7. The van der Waals surface area contributed by atoms with Gasteiger partial charge in [0.25, 0.3) is 0 Å². The lowest BCUT2D eigenvalue weighted by molar-refractivity contribution is 0.0696. The van der Waals surface area contributed by atoms with Crippen LogP contribution < -0.4 is 15.0 Å². The summed E-state index contributed by atoms with van der Waals surface area (Å²) in [5, 5.41) is 12.9. The summed E-state index contributed by atoms with van der Waals surface area (Å²) in [5.41, 5.74) is 3.11. The van der Waals surface area contributed by atoms with Gasteiger partial charge < -0.3 is 24.8 Å². The Morgan fingerprint density at radius 3 is 2.70 bits per heavy atom. The molecular formula is C22H22N4O4. The quantitative estimate of drug-likeness (QED) is 0.643. The predicted molar refractivity (Wildman–Crippen MR) is 114 cm³/mol. The van der Waals surface area contributed by atoms with Crippen molar-refractivity contribution in [3.8, 4) is 17.0 Å². The van der Waals surface area contributed by atoms with E-state index in [1.165, 1.54) is 6.33 Å². The second-order valence-electron chi connectivity index (χ2n) is 6.75. The molecule has 154 valence electrons. The largest absolute Gasteiger partial charge is 0.496 e. The van der Waals surface area contributed by atoms with Crippen LogP contribution in [-0.2, 0) is 4.74 Å². The smallest absolute Gasteiger partial charge is 0.337 e. The van der Waals surface area contributed by atoms with Gasteiger partial charge in [0.2, 0.25) is 0 Å². The lowest BCUT2D eigenvalue weighted by atomic mass is 10.1. The lowest BCUT2D eigenvalue weighted by Gasteiger charge is -2.30. The zero-order valence-corrected chi connectivity index (χ0v) is 16.5. The molecule has 0 unspecified atom stereocenters. The molecule has 2 heterocycles.